The zero-order valence-corrected chi connectivity index (χ0v) is 24.0. The third-order valence-corrected chi connectivity index (χ3v) is 10.4. The van der Waals surface area contributed by atoms with Crippen molar-refractivity contribution in [2.24, 2.45) is 11.8 Å². The van der Waals surface area contributed by atoms with Gasteiger partial charge in [-0.05, 0) is 53.6 Å². The van der Waals surface area contributed by atoms with Crippen LogP contribution in [-0.4, -0.2) is 52.5 Å². The van der Waals surface area contributed by atoms with E-state index in [1.165, 1.54) is 0 Å². The fraction of sp³-hybridized carbons (Fsp3) is 0.414. The van der Waals surface area contributed by atoms with Crippen LogP contribution >= 0.6 is 46.3 Å². The molecule has 1 saturated carbocycles. The van der Waals surface area contributed by atoms with Crippen LogP contribution in [0.4, 0.5) is 0 Å². The molecule has 0 radical (unpaired) electrons. The minimum absolute atomic E-state index is 0.0269. The normalized spacial score (nSPS) is 21.9. The summed E-state index contributed by atoms with van der Waals surface area (Å²) in [5.74, 6) is 0.789. The fourth-order valence-electron chi connectivity index (χ4n) is 4.59. The Labute approximate surface area is 242 Å². The molecule has 2 N–H and O–H groups in total. The zero-order valence-electron chi connectivity index (χ0n) is 20.9. The lowest BCUT2D eigenvalue weighted by atomic mass is 9.99. The first kappa shape index (κ1) is 29.4. The second kappa shape index (κ2) is 14.7. The molecule has 5 atom stereocenters. The molecular formula is C29H32Cl2O5S2. The van der Waals surface area contributed by atoms with Crippen molar-refractivity contribution in [3.05, 3.63) is 88.3 Å². The second-order valence-electron chi connectivity index (χ2n) is 9.37. The average Bonchev–Trinajstić information content (AvgIpc) is 3.51. The summed E-state index contributed by atoms with van der Waals surface area (Å²) in [7, 11) is 0. The summed E-state index contributed by atoms with van der Waals surface area (Å²) in [5.41, 5.74) is 2.42. The Hall–Kier alpha value is -1.58. The molecule has 1 aliphatic carbocycles. The van der Waals surface area contributed by atoms with Crippen molar-refractivity contribution in [2.75, 3.05) is 25.6 Å². The maximum Gasteiger partial charge on any atom is 0.338 e. The Morgan fingerprint density at radius 3 is 2.66 bits per heavy atom. The quantitative estimate of drug-likeness (QED) is 0.137. The third kappa shape index (κ3) is 8.21. The van der Waals surface area contributed by atoms with Crippen molar-refractivity contribution in [1.29, 1.82) is 0 Å². The standard InChI is InChI=1S/C29H32Cl2O5S2/c30-24-15-22(17-35-16-20-7-4-8-21(13-20)29(34)36-12-11-32)23(28(24)31)18-37-27-10-9-26(38-27)25(33)14-19-5-2-1-3-6-19/h1-10,13,22-25,28,32-33H,11-12,14-18H2/t22-,23-,24?,25?,28?/m1/s1. The molecule has 0 aliphatic heterocycles. The van der Waals surface area contributed by atoms with Gasteiger partial charge < -0.3 is 19.7 Å². The van der Waals surface area contributed by atoms with Crippen LogP contribution in [-0.2, 0) is 22.5 Å². The molecule has 0 amide bonds. The second-order valence-corrected chi connectivity index (χ2v) is 12.9. The minimum Gasteiger partial charge on any atom is -0.460 e. The number of thiophene rings is 1. The van der Waals surface area contributed by atoms with Gasteiger partial charge in [-0.1, -0.05) is 42.5 Å². The number of carbonyl (C=O) groups is 1. The molecule has 1 heterocycles. The molecule has 1 aliphatic rings. The number of thioether (sulfide) groups is 1. The number of rotatable bonds is 13. The monoisotopic (exact) mass is 594 g/mol. The van der Waals surface area contributed by atoms with Gasteiger partial charge in [-0.15, -0.1) is 46.3 Å². The summed E-state index contributed by atoms with van der Waals surface area (Å²) in [5, 5.41) is 19.3. The van der Waals surface area contributed by atoms with Crippen LogP contribution in [0.5, 0.6) is 0 Å². The van der Waals surface area contributed by atoms with Crippen molar-refractivity contribution in [2.45, 2.75) is 40.5 Å². The highest BCUT2D eigenvalue weighted by molar-refractivity contribution is 8.01. The minimum atomic E-state index is -0.521. The number of benzene rings is 2. The van der Waals surface area contributed by atoms with Crippen LogP contribution in [0.15, 0.2) is 70.9 Å². The smallest absolute Gasteiger partial charge is 0.338 e. The Kier molecular flexibility index (Phi) is 11.4. The van der Waals surface area contributed by atoms with Gasteiger partial charge in [0, 0.05) is 17.1 Å². The summed E-state index contributed by atoms with van der Waals surface area (Å²) >= 11 is 16.7. The van der Waals surface area contributed by atoms with Crippen LogP contribution in [0.2, 0.25) is 0 Å². The van der Waals surface area contributed by atoms with E-state index >= 15 is 0 Å². The van der Waals surface area contributed by atoms with Crippen molar-refractivity contribution < 1.29 is 24.5 Å². The van der Waals surface area contributed by atoms with E-state index in [2.05, 4.69) is 6.07 Å². The topological polar surface area (TPSA) is 76.0 Å². The maximum absolute atomic E-state index is 12.0. The predicted molar refractivity (Wildman–Crippen MR) is 154 cm³/mol. The molecule has 4 rings (SSSR count). The molecule has 5 nitrogen and oxygen atoms in total. The van der Waals surface area contributed by atoms with Gasteiger partial charge >= 0.3 is 5.97 Å². The average molecular weight is 596 g/mol. The molecule has 1 aromatic heterocycles. The molecule has 9 heteroatoms. The third-order valence-electron chi connectivity index (χ3n) is 6.60. The molecule has 3 unspecified atom stereocenters. The highest BCUT2D eigenvalue weighted by Gasteiger charge is 2.41. The highest BCUT2D eigenvalue weighted by Crippen LogP contribution is 2.43. The van der Waals surface area contributed by atoms with Crippen LogP contribution in [0.1, 0.15) is 38.9 Å². The van der Waals surface area contributed by atoms with Crippen LogP contribution in [0.3, 0.4) is 0 Å². The van der Waals surface area contributed by atoms with Gasteiger partial charge in [-0.3, -0.25) is 0 Å². The molecule has 0 saturated heterocycles. The van der Waals surface area contributed by atoms with E-state index in [1.54, 1.807) is 41.3 Å². The van der Waals surface area contributed by atoms with Gasteiger partial charge in [0.25, 0.3) is 0 Å². The molecule has 0 spiro atoms. The predicted octanol–water partition coefficient (Wildman–Crippen LogP) is 6.33. The summed E-state index contributed by atoms with van der Waals surface area (Å²) < 4.78 is 12.2. The van der Waals surface area contributed by atoms with Gasteiger partial charge in [0.15, 0.2) is 0 Å². The Morgan fingerprint density at radius 2 is 1.87 bits per heavy atom. The number of alkyl halides is 2. The summed E-state index contributed by atoms with van der Waals surface area (Å²) in [6.45, 7) is 0.663. The van der Waals surface area contributed by atoms with E-state index in [9.17, 15) is 9.90 Å². The Bertz CT molecular complexity index is 1160. The summed E-state index contributed by atoms with van der Waals surface area (Å²) in [4.78, 5) is 13.0. The molecule has 1 fully saturated rings. The maximum atomic E-state index is 12.0. The fourth-order valence-corrected chi connectivity index (χ4v) is 7.96. The van der Waals surface area contributed by atoms with Crippen molar-refractivity contribution in [3.8, 4) is 0 Å². The van der Waals surface area contributed by atoms with Crippen LogP contribution in [0, 0.1) is 11.8 Å². The number of aliphatic hydroxyl groups excluding tert-OH is 2. The lowest BCUT2D eigenvalue weighted by Crippen LogP contribution is -2.23. The van der Waals surface area contributed by atoms with Crippen LogP contribution < -0.4 is 0 Å². The van der Waals surface area contributed by atoms with Crippen molar-refractivity contribution >= 4 is 52.3 Å². The number of halogens is 2. The molecule has 38 heavy (non-hydrogen) atoms. The summed E-state index contributed by atoms with van der Waals surface area (Å²) in [6.07, 6.45) is 0.866. The molecule has 2 aromatic carbocycles. The van der Waals surface area contributed by atoms with Gasteiger partial charge in [-0.25, -0.2) is 4.79 Å². The largest absolute Gasteiger partial charge is 0.460 e. The van der Waals surface area contributed by atoms with E-state index in [-0.39, 0.29) is 35.8 Å². The first-order chi connectivity index (χ1) is 18.4. The summed E-state index contributed by atoms with van der Waals surface area (Å²) in [6, 6.07) is 21.2. The molecule has 204 valence electrons. The number of hydrogen-bond donors (Lipinski definition) is 2. The van der Waals surface area contributed by atoms with E-state index in [0.717, 1.165) is 32.4 Å². The lowest BCUT2D eigenvalue weighted by Gasteiger charge is -2.21. The highest BCUT2D eigenvalue weighted by atomic mass is 35.5. The Balaban J connectivity index is 1.28. The number of esters is 1. The first-order valence-electron chi connectivity index (χ1n) is 12.6. The van der Waals surface area contributed by atoms with E-state index in [4.69, 9.17) is 37.8 Å². The Morgan fingerprint density at radius 1 is 1.08 bits per heavy atom. The van der Waals surface area contributed by atoms with E-state index in [1.807, 2.05) is 42.5 Å². The van der Waals surface area contributed by atoms with Gasteiger partial charge in [-0.2, -0.15) is 0 Å². The lowest BCUT2D eigenvalue weighted by molar-refractivity contribution is 0.0433. The molecule has 3 aromatic rings. The van der Waals surface area contributed by atoms with Gasteiger partial charge in [0.1, 0.15) is 6.61 Å². The van der Waals surface area contributed by atoms with Crippen molar-refractivity contribution in [3.63, 3.8) is 0 Å². The first-order valence-corrected chi connectivity index (χ1v) is 15.3. The van der Waals surface area contributed by atoms with Gasteiger partial charge in [0.2, 0.25) is 0 Å². The number of hydrogen-bond acceptors (Lipinski definition) is 7. The zero-order chi connectivity index (χ0) is 26.9. The molecular weight excluding hydrogens is 563 g/mol. The van der Waals surface area contributed by atoms with E-state index < -0.39 is 12.1 Å². The number of ether oxygens (including phenoxy) is 2. The van der Waals surface area contributed by atoms with Crippen molar-refractivity contribution in [1.82, 2.24) is 0 Å². The SMILES string of the molecule is O=C(OCCO)c1cccc(COC[C@H]2CC(Cl)C(Cl)[C@@H]2CSc2ccc(C(O)Cc3ccccc3)s2)c1. The van der Waals surface area contributed by atoms with E-state index in [0.29, 0.717) is 25.2 Å². The van der Waals surface area contributed by atoms with Crippen LogP contribution in [0.25, 0.3) is 0 Å². The number of aliphatic hydroxyl groups is 2. The van der Waals surface area contributed by atoms with Gasteiger partial charge in [0.05, 0.1) is 46.5 Å². The number of carbonyl (C=O) groups excluding carboxylic acids is 1. The molecule has 0 bridgehead atoms.